The molecule has 0 spiro atoms. The average Bonchev–Trinajstić information content (AvgIpc) is 3.05. The zero-order chi connectivity index (χ0) is 17.0. The second-order valence-electron chi connectivity index (χ2n) is 5.51. The lowest BCUT2D eigenvalue weighted by Gasteiger charge is -2.34. The molecule has 1 N–H and O–H groups in total. The van der Waals surface area contributed by atoms with Gasteiger partial charge in [0, 0.05) is 45.2 Å². The van der Waals surface area contributed by atoms with E-state index >= 15 is 0 Å². The van der Waals surface area contributed by atoms with E-state index in [1.54, 1.807) is 7.05 Å². The van der Waals surface area contributed by atoms with Gasteiger partial charge >= 0.3 is 0 Å². The fraction of sp³-hybridized carbons (Fsp3) is 0.643. The van der Waals surface area contributed by atoms with Crippen LogP contribution in [0.15, 0.2) is 16.3 Å². The number of carbonyl (C=O) groups is 1. The maximum absolute atomic E-state index is 12.6. The van der Waals surface area contributed by atoms with Crippen LogP contribution in [-0.4, -0.2) is 76.5 Å². The Morgan fingerprint density at radius 3 is 2.74 bits per heavy atom. The molecule has 1 amide bonds. The third kappa shape index (κ3) is 4.30. The molecule has 1 aliphatic heterocycles. The molecular weight excluding hydrogens is 338 g/mol. The van der Waals surface area contributed by atoms with Crippen LogP contribution < -0.4 is 5.32 Å². The number of hydrogen-bond acceptors (Lipinski definition) is 6. The van der Waals surface area contributed by atoms with Crippen molar-refractivity contribution in [1.29, 1.82) is 0 Å². The minimum absolute atomic E-state index is 0.107. The lowest BCUT2D eigenvalue weighted by Crippen LogP contribution is -2.47. The van der Waals surface area contributed by atoms with Crippen LogP contribution in [0.3, 0.4) is 0 Å². The van der Waals surface area contributed by atoms with Gasteiger partial charge in [0.15, 0.2) is 0 Å². The second-order valence-corrected chi connectivity index (χ2v) is 8.46. The van der Waals surface area contributed by atoms with Crippen LogP contribution in [0.4, 0.5) is 0 Å². The summed E-state index contributed by atoms with van der Waals surface area (Å²) in [5.41, 5.74) is 0. The summed E-state index contributed by atoms with van der Waals surface area (Å²) in [5, 5.41) is 4.00. The van der Waals surface area contributed by atoms with Crippen molar-refractivity contribution in [3.63, 3.8) is 0 Å². The Balaban J connectivity index is 2.05. The normalized spacial score (nSPS) is 18.1. The molecule has 0 bridgehead atoms. The van der Waals surface area contributed by atoms with Crippen LogP contribution in [-0.2, 0) is 14.8 Å². The molecule has 0 saturated carbocycles. The number of morpholine rings is 1. The number of rotatable bonds is 6. The summed E-state index contributed by atoms with van der Waals surface area (Å²) < 4.78 is 31.9. The molecule has 2 rings (SSSR count). The Morgan fingerprint density at radius 1 is 1.48 bits per heavy atom. The molecule has 2 heterocycles. The van der Waals surface area contributed by atoms with E-state index in [9.17, 15) is 13.2 Å². The summed E-state index contributed by atoms with van der Waals surface area (Å²) in [4.78, 5) is 14.4. The number of carbonyl (C=O) groups excluding carboxylic acids is 1. The molecule has 1 atom stereocenters. The first-order valence-corrected chi connectivity index (χ1v) is 9.77. The molecule has 0 radical (unpaired) electrons. The Morgan fingerprint density at radius 2 is 2.13 bits per heavy atom. The van der Waals surface area contributed by atoms with E-state index < -0.39 is 10.0 Å². The van der Waals surface area contributed by atoms with Crippen molar-refractivity contribution < 1.29 is 17.9 Å². The summed E-state index contributed by atoms with van der Waals surface area (Å²) in [6.07, 6.45) is 0. The third-order valence-corrected chi connectivity index (χ3v) is 6.80. The minimum Gasteiger partial charge on any atom is -0.379 e. The topological polar surface area (TPSA) is 79.0 Å². The molecule has 0 aromatic carbocycles. The van der Waals surface area contributed by atoms with Crippen molar-refractivity contribution in [2.45, 2.75) is 17.9 Å². The van der Waals surface area contributed by atoms with Gasteiger partial charge in [0.2, 0.25) is 10.0 Å². The lowest BCUT2D eigenvalue weighted by atomic mass is 10.2. The highest BCUT2D eigenvalue weighted by Gasteiger charge is 2.27. The molecule has 1 saturated heterocycles. The zero-order valence-electron chi connectivity index (χ0n) is 13.6. The van der Waals surface area contributed by atoms with Gasteiger partial charge in [0.25, 0.3) is 5.91 Å². The largest absolute Gasteiger partial charge is 0.379 e. The predicted octanol–water partition coefficient (Wildman–Crippen LogP) is 0.449. The molecule has 23 heavy (non-hydrogen) atoms. The molecular formula is C14H23N3O4S2. The molecule has 7 nitrogen and oxygen atoms in total. The van der Waals surface area contributed by atoms with Crippen molar-refractivity contribution in [2.24, 2.45) is 0 Å². The highest BCUT2D eigenvalue weighted by Crippen LogP contribution is 2.22. The van der Waals surface area contributed by atoms with Crippen LogP contribution in [0.2, 0.25) is 0 Å². The molecule has 1 aromatic rings. The van der Waals surface area contributed by atoms with E-state index in [1.807, 2.05) is 6.92 Å². The summed E-state index contributed by atoms with van der Waals surface area (Å²) in [7, 11) is -0.495. The average molecular weight is 361 g/mol. The summed E-state index contributed by atoms with van der Waals surface area (Å²) in [6, 6.07) is 1.53. The Kier molecular flexibility index (Phi) is 6.15. The van der Waals surface area contributed by atoms with Gasteiger partial charge in [-0.15, -0.1) is 11.3 Å². The SMILES string of the molecule is CNC(=O)c1cc(S(=O)(=O)N(C)CC(C)N2CCOCC2)cs1. The molecule has 1 aromatic heterocycles. The van der Waals surface area contributed by atoms with Gasteiger partial charge in [-0.3, -0.25) is 9.69 Å². The molecule has 0 aliphatic carbocycles. The first kappa shape index (κ1) is 18.3. The van der Waals surface area contributed by atoms with E-state index in [0.717, 1.165) is 24.4 Å². The van der Waals surface area contributed by atoms with E-state index in [2.05, 4.69) is 10.2 Å². The number of nitrogens with zero attached hydrogens (tertiary/aromatic N) is 2. The molecule has 130 valence electrons. The van der Waals surface area contributed by atoms with Crippen LogP contribution >= 0.6 is 11.3 Å². The van der Waals surface area contributed by atoms with E-state index in [0.29, 0.717) is 24.6 Å². The fourth-order valence-corrected chi connectivity index (χ4v) is 4.94. The highest BCUT2D eigenvalue weighted by atomic mass is 32.2. The van der Waals surface area contributed by atoms with E-state index in [1.165, 1.54) is 22.8 Å². The predicted molar refractivity (Wildman–Crippen MR) is 89.4 cm³/mol. The Hall–Kier alpha value is -1.00. The maximum Gasteiger partial charge on any atom is 0.261 e. The first-order chi connectivity index (χ1) is 10.9. The van der Waals surface area contributed by atoms with Gasteiger partial charge in [0.05, 0.1) is 23.0 Å². The van der Waals surface area contributed by atoms with Crippen molar-refractivity contribution in [2.75, 3.05) is 46.9 Å². The molecule has 1 fully saturated rings. The number of hydrogen-bond donors (Lipinski definition) is 1. The highest BCUT2D eigenvalue weighted by molar-refractivity contribution is 7.89. The van der Waals surface area contributed by atoms with Crippen LogP contribution in [0.25, 0.3) is 0 Å². The number of thiophene rings is 1. The molecule has 1 aliphatic rings. The van der Waals surface area contributed by atoms with Gasteiger partial charge in [-0.2, -0.15) is 4.31 Å². The van der Waals surface area contributed by atoms with Gasteiger partial charge in [-0.25, -0.2) is 8.42 Å². The number of amides is 1. The first-order valence-electron chi connectivity index (χ1n) is 7.45. The number of likely N-dealkylation sites (N-methyl/N-ethyl adjacent to an activating group) is 1. The summed E-state index contributed by atoms with van der Waals surface area (Å²) in [6.45, 7) is 5.40. The van der Waals surface area contributed by atoms with Gasteiger partial charge in [-0.1, -0.05) is 0 Å². The van der Waals surface area contributed by atoms with Crippen molar-refractivity contribution in [1.82, 2.24) is 14.5 Å². The Labute approximate surface area is 141 Å². The van der Waals surface area contributed by atoms with Crippen LogP contribution in [0.1, 0.15) is 16.6 Å². The maximum atomic E-state index is 12.6. The monoisotopic (exact) mass is 361 g/mol. The van der Waals surface area contributed by atoms with E-state index in [4.69, 9.17) is 4.74 Å². The van der Waals surface area contributed by atoms with E-state index in [-0.39, 0.29) is 16.8 Å². The number of sulfonamides is 1. The zero-order valence-corrected chi connectivity index (χ0v) is 15.2. The minimum atomic E-state index is -3.59. The fourth-order valence-electron chi connectivity index (χ4n) is 2.48. The van der Waals surface area contributed by atoms with Crippen molar-refractivity contribution in [3.8, 4) is 0 Å². The van der Waals surface area contributed by atoms with Crippen LogP contribution in [0, 0.1) is 0 Å². The number of nitrogens with one attached hydrogen (secondary N) is 1. The summed E-state index contributed by atoms with van der Waals surface area (Å²) in [5.74, 6) is -0.277. The lowest BCUT2D eigenvalue weighted by molar-refractivity contribution is 0.0177. The van der Waals surface area contributed by atoms with Gasteiger partial charge in [-0.05, 0) is 13.0 Å². The second kappa shape index (κ2) is 7.71. The smallest absolute Gasteiger partial charge is 0.261 e. The molecule has 9 heteroatoms. The van der Waals surface area contributed by atoms with Gasteiger partial charge in [0.1, 0.15) is 0 Å². The van der Waals surface area contributed by atoms with Crippen molar-refractivity contribution in [3.05, 3.63) is 16.3 Å². The standard InChI is InChI=1S/C14H23N3O4S2/c1-11(17-4-6-21-7-5-17)9-16(3)23(19,20)12-8-13(22-10-12)14(18)15-2/h8,10-11H,4-7,9H2,1-3H3,(H,15,18). The third-order valence-electron chi connectivity index (χ3n) is 3.92. The Bertz CT molecular complexity index is 638. The quantitative estimate of drug-likeness (QED) is 0.796. The van der Waals surface area contributed by atoms with Crippen LogP contribution in [0.5, 0.6) is 0 Å². The molecule has 1 unspecified atom stereocenters. The number of ether oxygens (including phenoxy) is 1. The summed E-state index contributed by atoms with van der Waals surface area (Å²) >= 11 is 1.13. The van der Waals surface area contributed by atoms with Crippen molar-refractivity contribution >= 4 is 27.3 Å². The van der Waals surface area contributed by atoms with Gasteiger partial charge < -0.3 is 10.1 Å².